The summed E-state index contributed by atoms with van der Waals surface area (Å²) in [5.74, 6) is 0.742. The topological polar surface area (TPSA) is 64.3 Å². The minimum Gasteiger partial charge on any atom is -0.497 e. The summed E-state index contributed by atoms with van der Waals surface area (Å²) >= 11 is 1.49. The Labute approximate surface area is 135 Å². The maximum absolute atomic E-state index is 12.2. The van der Waals surface area contributed by atoms with Gasteiger partial charge in [0, 0.05) is 17.0 Å². The zero-order valence-corrected chi connectivity index (χ0v) is 14.2. The van der Waals surface area contributed by atoms with E-state index in [1.54, 1.807) is 7.11 Å². The van der Waals surface area contributed by atoms with Crippen LogP contribution < -0.4 is 15.8 Å². The van der Waals surface area contributed by atoms with E-state index in [4.69, 9.17) is 10.5 Å². The van der Waals surface area contributed by atoms with Gasteiger partial charge in [0.1, 0.15) is 5.75 Å². The van der Waals surface area contributed by atoms with Crippen LogP contribution in [0.15, 0.2) is 30.3 Å². The number of thiophene rings is 1. The zero-order chi connectivity index (χ0) is 16.3. The molecule has 0 unspecified atom stereocenters. The molecule has 0 saturated carbocycles. The number of methoxy groups -OCH3 is 1. The van der Waals surface area contributed by atoms with Gasteiger partial charge in [0.05, 0.1) is 12.0 Å². The van der Waals surface area contributed by atoms with Crippen molar-refractivity contribution in [2.24, 2.45) is 5.73 Å². The highest BCUT2D eigenvalue weighted by molar-refractivity contribution is 7.14. The third-order valence-electron chi connectivity index (χ3n) is 3.25. The predicted molar refractivity (Wildman–Crippen MR) is 91.6 cm³/mol. The monoisotopic (exact) mass is 318 g/mol. The van der Waals surface area contributed by atoms with Crippen molar-refractivity contribution in [2.45, 2.75) is 26.3 Å². The van der Waals surface area contributed by atoms with E-state index in [9.17, 15) is 4.79 Å². The predicted octanol–water partition coefficient (Wildman–Crippen LogP) is 3.20. The summed E-state index contributed by atoms with van der Waals surface area (Å²) in [6.07, 6.45) is 0. The largest absolute Gasteiger partial charge is 0.497 e. The fourth-order valence-electron chi connectivity index (χ4n) is 2.05. The molecule has 3 N–H and O–H groups in total. The van der Waals surface area contributed by atoms with Gasteiger partial charge in [-0.05, 0) is 50.1 Å². The lowest BCUT2D eigenvalue weighted by molar-refractivity contribution is 0.0950. The summed E-state index contributed by atoms with van der Waals surface area (Å²) < 4.78 is 5.17. The fourth-order valence-corrected chi connectivity index (χ4v) is 3.00. The van der Waals surface area contributed by atoms with E-state index in [1.165, 1.54) is 11.3 Å². The van der Waals surface area contributed by atoms with E-state index in [0.29, 0.717) is 11.4 Å². The van der Waals surface area contributed by atoms with Crippen LogP contribution in [0, 0.1) is 6.92 Å². The Morgan fingerprint density at radius 2 is 1.95 bits per heavy atom. The molecular weight excluding hydrogens is 296 g/mol. The number of rotatable bonds is 5. The Balaban J connectivity index is 2.18. The molecule has 4 nitrogen and oxygen atoms in total. The number of benzene rings is 1. The van der Waals surface area contributed by atoms with Crippen molar-refractivity contribution in [1.82, 2.24) is 5.32 Å². The smallest absolute Gasteiger partial charge is 0.261 e. The van der Waals surface area contributed by atoms with Crippen LogP contribution in [0.2, 0.25) is 0 Å². The number of carbonyl (C=O) groups is 1. The molecule has 0 fully saturated rings. The zero-order valence-electron chi connectivity index (χ0n) is 13.4. The highest BCUT2D eigenvalue weighted by atomic mass is 32.1. The van der Waals surface area contributed by atoms with E-state index in [0.717, 1.165) is 21.8 Å². The molecule has 5 heteroatoms. The first-order valence-electron chi connectivity index (χ1n) is 7.12. The Morgan fingerprint density at radius 1 is 1.32 bits per heavy atom. The van der Waals surface area contributed by atoms with Crippen LogP contribution in [-0.4, -0.2) is 25.1 Å². The van der Waals surface area contributed by atoms with Crippen LogP contribution in [0.5, 0.6) is 5.75 Å². The van der Waals surface area contributed by atoms with Gasteiger partial charge in [-0.2, -0.15) is 0 Å². The van der Waals surface area contributed by atoms with Gasteiger partial charge in [-0.15, -0.1) is 11.3 Å². The summed E-state index contributed by atoms with van der Waals surface area (Å²) in [6, 6.07) is 9.77. The quantitative estimate of drug-likeness (QED) is 0.890. The molecule has 0 spiro atoms. The number of nitrogens with one attached hydrogen (secondary N) is 1. The number of aryl methyl sites for hydroxylation is 1. The van der Waals surface area contributed by atoms with Crippen molar-refractivity contribution >= 4 is 17.2 Å². The molecule has 0 bridgehead atoms. The first-order chi connectivity index (χ1) is 10.3. The SMILES string of the molecule is COc1ccc(-c2cc(C(=O)NCC(C)(C)N)sc2C)cc1. The molecular formula is C17H22N2O2S. The second kappa shape index (κ2) is 6.50. The second-order valence-electron chi connectivity index (χ2n) is 5.98. The molecule has 0 radical (unpaired) electrons. The van der Waals surface area contributed by atoms with Gasteiger partial charge in [0.25, 0.3) is 5.91 Å². The number of carbonyl (C=O) groups excluding carboxylic acids is 1. The van der Waals surface area contributed by atoms with Crippen LogP contribution in [0.3, 0.4) is 0 Å². The summed E-state index contributed by atoms with van der Waals surface area (Å²) in [6.45, 7) is 6.24. The number of hydrogen-bond donors (Lipinski definition) is 2. The van der Waals surface area contributed by atoms with Crippen molar-refractivity contribution in [3.05, 3.63) is 40.1 Å². The van der Waals surface area contributed by atoms with Gasteiger partial charge in [0.15, 0.2) is 0 Å². The van der Waals surface area contributed by atoms with Crippen LogP contribution in [0.25, 0.3) is 11.1 Å². The normalized spacial score (nSPS) is 11.3. The molecule has 0 aliphatic heterocycles. The molecule has 0 atom stereocenters. The molecule has 1 heterocycles. The highest BCUT2D eigenvalue weighted by Crippen LogP contribution is 2.32. The number of nitrogens with two attached hydrogens (primary N) is 1. The van der Waals surface area contributed by atoms with Crippen LogP contribution in [-0.2, 0) is 0 Å². The van der Waals surface area contributed by atoms with Crippen LogP contribution >= 0.6 is 11.3 Å². The molecule has 0 saturated heterocycles. The standard InChI is InChI=1S/C17H22N2O2S/c1-11-14(12-5-7-13(21-4)8-6-12)9-15(22-11)16(20)19-10-17(2,3)18/h5-9H,10,18H2,1-4H3,(H,19,20). The Morgan fingerprint density at radius 3 is 2.50 bits per heavy atom. The van der Waals surface area contributed by atoms with Crippen molar-refractivity contribution < 1.29 is 9.53 Å². The van der Waals surface area contributed by atoms with Gasteiger partial charge in [-0.3, -0.25) is 4.79 Å². The first kappa shape index (κ1) is 16.5. The minimum absolute atomic E-state index is 0.0774. The third-order valence-corrected chi connectivity index (χ3v) is 4.30. The average molecular weight is 318 g/mol. The molecule has 22 heavy (non-hydrogen) atoms. The van der Waals surface area contributed by atoms with Crippen LogP contribution in [0.1, 0.15) is 28.4 Å². The van der Waals surface area contributed by atoms with Crippen molar-refractivity contribution in [3.63, 3.8) is 0 Å². The molecule has 1 aromatic carbocycles. The molecule has 2 rings (SSSR count). The highest BCUT2D eigenvalue weighted by Gasteiger charge is 2.16. The van der Waals surface area contributed by atoms with Crippen molar-refractivity contribution in [1.29, 1.82) is 0 Å². The Bertz CT molecular complexity index is 654. The number of ether oxygens (including phenoxy) is 1. The van der Waals surface area contributed by atoms with E-state index >= 15 is 0 Å². The summed E-state index contributed by atoms with van der Waals surface area (Å²) in [5.41, 5.74) is 7.63. The Kier molecular flexibility index (Phi) is 4.88. The Hall–Kier alpha value is -1.85. The summed E-state index contributed by atoms with van der Waals surface area (Å²) in [5, 5.41) is 2.88. The van der Waals surface area contributed by atoms with E-state index in [1.807, 2.05) is 51.1 Å². The fraction of sp³-hybridized carbons (Fsp3) is 0.353. The van der Waals surface area contributed by atoms with Crippen molar-refractivity contribution in [3.8, 4) is 16.9 Å². The van der Waals surface area contributed by atoms with Gasteiger partial charge in [-0.1, -0.05) is 12.1 Å². The number of hydrogen-bond acceptors (Lipinski definition) is 4. The van der Waals surface area contributed by atoms with E-state index < -0.39 is 5.54 Å². The van der Waals surface area contributed by atoms with Gasteiger partial charge in [-0.25, -0.2) is 0 Å². The van der Waals surface area contributed by atoms with E-state index in [-0.39, 0.29) is 5.91 Å². The lowest BCUT2D eigenvalue weighted by atomic mass is 10.1. The molecule has 118 valence electrons. The average Bonchev–Trinajstić information content (AvgIpc) is 2.86. The summed E-state index contributed by atoms with van der Waals surface area (Å²) in [7, 11) is 1.65. The van der Waals surface area contributed by atoms with Crippen LogP contribution in [0.4, 0.5) is 0 Å². The molecule has 0 aliphatic rings. The van der Waals surface area contributed by atoms with Gasteiger partial charge in [0.2, 0.25) is 0 Å². The van der Waals surface area contributed by atoms with Crippen molar-refractivity contribution in [2.75, 3.05) is 13.7 Å². The molecule has 2 aromatic rings. The summed E-state index contributed by atoms with van der Waals surface area (Å²) in [4.78, 5) is 14.0. The lowest BCUT2D eigenvalue weighted by Crippen LogP contribution is -2.44. The maximum Gasteiger partial charge on any atom is 0.261 e. The first-order valence-corrected chi connectivity index (χ1v) is 7.94. The maximum atomic E-state index is 12.2. The number of amides is 1. The van der Waals surface area contributed by atoms with Gasteiger partial charge >= 0.3 is 0 Å². The molecule has 0 aliphatic carbocycles. The molecule has 1 aromatic heterocycles. The minimum atomic E-state index is -0.416. The van der Waals surface area contributed by atoms with E-state index in [2.05, 4.69) is 5.32 Å². The molecule has 1 amide bonds. The second-order valence-corrected chi connectivity index (χ2v) is 7.24. The third kappa shape index (κ3) is 4.08. The lowest BCUT2D eigenvalue weighted by Gasteiger charge is -2.18. The van der Waals surface area contributed by atoms with Gasteiger partial charge < -0.3 is 15.8 Å².